The van der Waals surface area contributed by atoms with Crippen molar-refractivity contribution in [1.82, 2.24) is 0 Å². The number of rotatable bonds is 3. The van der Waals surface area contributed by atoms with Crippen LogP contribution < -0.4 is 0 Å². The second-order valence-electron chi connectivity index (χ2n) is 2.80. The van der Waals surface area contributed by atoms with Gasteiger partial charge in [-0.15, -0.1) is 0 Å². The summed E-state index contributed by atoms with van der Waals surface area (Å²) in [5.41, 5.74) is -0.390. The van der Waals surface area contributed by atoms with Crippen LogP contribution in [0.4, 0.5) is 13.2 Å². The van der Waals surface area contributed by atoms with Crippen molar-refractivity contribution in [2.45, 2.75) is 10.3 Å². The Morgan fingerprint density at radius 3 is 1.93 bits per heavy atom. The van der Waals surface area contributed by atoms with Crippen LogP contribution in [0.5, 0.6) is 0 Å². The third-order valence-corrected chi connectivity index (χ3v) is 2.82. The van der Waals surface area contributed by atoms with E-state index in [2.05, 4.69) is 11.6 Å². The van der Waals surface area contributed by atoms with Crippen molar-refractivity contribution in [3.8, 4) is 0 Å². The Morgan fingerprint density at radius 1 is 1.13 bits per heavy atom. The molecule has 0 aliphatic rings. The van der Waals surface area contributed by atoms with Crippen molar-refractivity contribution >= 4 is 29.2 Å². The smallest absolute Gasteiger partial charge is 0.258 e. The van der Waals surface area contributed by atoms with Crippen LogP contribution in [0.25, 0.3) is 0 Å². The summed E-state index contributed by atoms with van der Waals surface area (Å²) in [6, 6.07) is 4.00. The molecule has 1 aromatic carbocycles. The number of carbonyl (C=O) groups is 1. The van der Waals surface area contributed by atoms with Crippen molar-refractivity contribution in [2.24, 2.45) is 0 Å². The van der Waals surface area contributed by atoms with Crippen LogP contribution in [0.2, 0.25) is 0 Å². The third-order valence-electron chi connectivity index (χ3n) is 1.83. The van der Waals surface area contributed by atoms with Gasteiger partial charge >= 0.3 is 11.4 Å². The number of alkyl halides is 4. The Bertz CT molecular complexity index is 363. The van der Waals surface area contributed by atoms with Crippen molar-refractivity contribution < 1.29 is 18.0 Å². The van der Waals surface area contributed by atoms with E-state index in [1.807, 2.05) is 0 Å². The van der Waals surface area contributed by atoms with E-state index in [0.717, 1.165) is 12.1 Å². The molecule has 0 fully saturated rings. The van der Waals surface area contributed by atoms with Gasteiger partial charge in [0.25, 0.3) is 0 Å². The molecule has 0 N–H and O–H groups in total. The molecule has 1 unspecified atom stereocenters. The van der Waals surface area contributed by atoms with Gasteiger partial charge in [-0.25, -0.2) is 0 Å². The van der Waals surface area contributed by atoms with Crippen LogP contribution >= 0.6 is 23.2 Å². The first-order chi connectivity index (χ1) is 6.80. The zero-order valence-corrected chi connectivity index (χ0v) is 8.70. The van der Waals surface area contributed by atoms with E-state index in [9.17, 15) is 18.0 Å². The highest BCUT2D eigenvalue weighted by Gasteiger charge is 2.59. The van der Waals surface area contributed by atoms with Crippen molar-refractivity contribution in [3.63, 3.8) is 0 Å². The van der Waals surface area contributed by atoms with Gasteiger partial charge in [0.1, 0.15) is 0 Å². The number of carbonyl (C=O) groups excluding carboxylic acids is 1. The minimum Gasteiger partial charge on any atom is -0.258 e. The predicted octanol–water partition coefficient (Wildman–Crippen LogP) is 3.45. The molecule has 1 atom stereocenters. The largest absolute Gasteiger partial charge is 0.354 e. The second-order valence-corrected chi connectivity index (χ2v) is 3.84. The summed E-state index contributed by atoms with van der Waals surface area (Å²) >= 11 is 9.91. The molecule has 0 aliphatic heterocycles. The molecule has 0 radical (unpaired) electrons. The number of hydrogen-bond acceptors (Lipinski definition) is 1. The van der Waals surface area contributed by atoms with Gasteiger partial charge in [0, 0.05) is 0 Å². The van der Waals surface area contributed by atoms with Crippen LogP contribution in [0.1, 0.15) is 5.56 Å². The van der Waals surface area contributed by atoms with Crippen LogP contribution in [-0.2, 0) is 9.67 Å². The second kappa shape index (κ2) is 4.02. The molecular weight excluding hydrogens is 252 g/mol. The Kier molecular flexibility index (Phi) is 3.31. The molecule has 0 spiro atoms. The zero-order chi connectivity index (χ0) is 11.7. The highest BCUT2D eigenvalue weighted by atomic mass is 35.5. The fraction of sp³-hybridized carbons (Fsp3) is 0.222. The van der Waals surface area contributed by atoms with Gasteiger partial charge < -0.3 is 0 Å². The Balaban J connectivity index is 3.32. The van der Waals surface area contributed by atoms with Crippen LogP contribution in [-0.4, -0.2) is 11.4 Å². The van der Waals surface area contributed by atoms with Gasteiger partial charge in [-0.05, 0) is 17.2 Å². The molecule has 82 valence electrons. The van der Waals surface area contributed by atoms with Gasteiger partial charge in [-0.3, -0.25) is 4.79 Å². The van der Waals surface area contributed by atoms with E-state index in [-0.39, 0.29) is 5.56 Å². The summed E-state index contributed by atoms with van der Waals surface area (Å²) in [5.74, 6) is 0. The van der Waals surface area contributed by atoms with E-state index in [0.29, 0.717) is 0 Å². The molecule has 0 amide bonds. The molecule has 0 aromatic heterocycles. The number of halogens is 5. The molecule has 0 saturated heterocycles. The highest BCUT2D eigenvalue weighted by molar-refractivity contribution is 6.40. The van der Waals surface area contributed by atoms with Gasteiger partial charge in [-0.2, -0.15) is 13.2 Å². The normalized spacial score (nSPS) is 15.8. The summed E-state index contributed by atoms with van der Waals surface area (Å²) in [6.45, 7) is 0. The fourth-order valence-corrected chi connectivity index (χ4v) is 1.37. The quantitative estimate of drug-likeness (QED) is 0.598. The molecule has 0 saturated carbocycles. The van der Waals surface area contributed by atoms with E-state index in [1.165, 1.54) is 18.2 Å². The minimum absolute atomic E-state index is 0.390. The van der Waals surface area contributed by atoms with Crippen molar-refractivity contribution in [2.75, 3.05) is 0 Å². The third kappa shape index (κ3) is 2.11. The molecular formula is C9H5Cl2F3O. The van der Waals surface area contributed by atoms with Crippen molar-refractivity contribution in [3.05, 3.63) is 35.9 Å². The zero-order valence-electron chi connectivity index (χ0n) is 7.18. The fourth-order valence-electron chi connectivity index (χ4n) is 1.06. The molecule has 15 heavy (non-hydrogen) atoms. The summed E-state index contributed by atoms with van der Waals surface area (Å²) < 4.78 is 38.4. The van der Waals surface area contributed by atoms with E-state index in [1.54, 1.807) is 0 Å². The SMILES string of the molecule is O=C(F)C(Cl)(c1ccccc1)C(F)(F)Cl. The maximum absolute atomic E-state index is 12.9. The number of benzene rings is 1. The molecule has 0 aliphatic carbocycles. The Morgan fingerprint density at radius 2 is 1.60 bits per heavy atom. The Labute approximate surface area is 93.8 Å². The van der Waals surface area contributed by atoms with Gasteiger partial charge in [0.05, 0.1) is 0 Å². The van der Waals surface area contributed by atoms with Crippen LogP contribution in [0, 0.1) is 0 Å². The standard InChI is InChI=1S/C9H5Cl2F3O/c10-8(7(12)15,9(11,13)14)6-4-2-1-3-5-6/h1-5H. The maximum atomic E-state index is 12.9. The lowest BCUT2D eigenvalue weighted by Crippen LogP contribution is -2.41. The molecule has 1 nitrogen and oxygen atoms in total. The van der Waals surface area contributed by atoms with E-state index < -0.39 is 16.3 Å². The molecule has 6 heteroatoms. The summed E-state index contributed by atoms with van der Waals surface area (Å²) in [7, 11) is 0. The summed E-state index contributed by atoms with van der Waals surface area (Å²) in [4.78, 5) is 7.38. The maximum Gasteiger partial charge on any atom is 0.354 e. The predicted molar refractivity (Wildman–Crippen MR) is 50.9 cm³/mol. The minimum atomic E-state index is -4.21. The first-order valence-corrected chi connectivity index (χ1v) is 4.57. The molecule has 0 bridgehead atoms. The van der Waals surface area contributed by atoms with Gasteiger partial charge in [0.15, 0.2) is 0 Å². The first kappa shape index (κ1) is 12.3. The first-order valence-electron chi connectivity index (χ1n) is 3.81. The summed E-state index contributed by atoms with van der Waals surface area (Å²) in [6.07, 6.45) is 0. The monoisotopic (exact) mass is 256 g/mol. The van der Waals surface area contributed by atoms with E-state index >= 15 is 0 Å². The highest BCUT2D eigenvalue weighted by Crippen LogP contribution is 2.47. The van der Waals surface area contributed by atoms with Crippen molar-refractivity contribution in [1.29, 1.82) is 0 Å². The van der Waals surface area contributed by atoms with Gasteiger partial charge in [0.2, 0.25) is 4.87 Å². The lowest BCUT2D eigenvalue weighted by atomic mass is 9.99. The number of hydrogen-bond donors (Lipinski definition) is 0. The van der Waals surface area contributed by atoms with Gasteiger partial charge in [-0.1, -0.05) is 41.9 Å². The molecule has 1 rings (SSSR count). The Hall–Kier alpha value is -0.740. The van der Waals surface area contributed by atoms with Crippen LogP contribution in [0.15, 0.2) is 30.3 Å². The lowest BCUT2D eigenvalue weighted by Gasteiger charge is -2.26. The van der Waals surface area contributed by atoms with E-state index in [4.69, 9.17) is 11.6 Å². The van der Waals surface area contributed by atoms with Crippen LogP contribution in [0.3, 0.4) is 0 Å². The lowest BCUT2D eigenvalue weighted by molar-refractivity contribution is -0.138. The topological polar surface area (TPSA) is 17.1 Å². The average molecular weight is 257 g/mol. The average Bonchev–Trinajstić information content (AvgIpc) is 2.16. The molecule has 1 aromatic rings. The summed E-state index contributed by atoms with van der Waals surface area (Å²) in [5, 5.41) is -4.21. The molecule has 0 heterocycles.